The normalized spacial score (nSPS) is 11.5. The van der Waals surface area contributed by atoms with Gasteiger partial charge in [-0.05, 0) is 20.4 Å². The topological polar surface area (TPSA) is 74.9 Å². The first-order chi connectivity index (χ1) is 11.7. The standard InChI is InChI=1S/C17H33N5O2.HI/c1-6-15-14(16(7-2)24-21-15)13-20-17(18-8-3)19-9-10-22(4)11-12-23-5;/h6-13H2,1-5H3,(H2,18,19,20);1H. The number of guanidine groups is 1. The van der Waals surface area contributed by atoms with Crippen LogP contribution >= 0.6 is 24.0 Å². The fourth-order valence-electron chi connectivity index (χ4n) is 2.34. The highest BCUT2D eigenvalue weighted by Crippen LogP contribution is 2.16. The molecule has 0 aliphatic carbocycles. The predicted molar refractivity (Wildman–Crippen MR) is 113 cm³/mol. The highest BCUT2D eigenvalue weighted by molar-refractivity contribution is 14.0. The number of nitrogens with one attached hydrogen (secondary N) is 2. The zero-order chi connectivity index (χ0) is 17.8. The molecule has 0 bridgehead atoms. The molecule has 1 heterocycles. The third-order valence-electron chi connectivity index (χ3n) is 3.81. The van der Waals surface area contributed by atoms with Crippen LogP contribution in [0, 0.1) is 0 Å². The Labute approximate surface area is 169 Å². The van der Waals surface area contributed by atoms with Crippen LogP contribution in [0.5, 0.6) is 0 Å². The number of halogens is 1. The molecule has 7 nitrogen and oxygen atoms in total. The largest absolute Gasteiger partial charge is 0.383 e. The third-order valence-corrected chi connectivity index (χ3v) is 3.81. The van der Waals surface area contributed by atoms with Crippen molar-refractivity contribution in [2.75, 3.05) is 46.9 Å². The molecule has 0 saturated heterocycles. The molecular weight excluding hydrogens is 433 g/mol. The van der Waals surface area contributed by atoms with Crippen molar-refractivity contribution in [3.63, 3.8) is 0 Å². The summed E-state index contributed by atoms with van der Waals surface area (Å²) in [5.41, 5.74) is 2.13. The molecule has 0 radical (unpaired) electrons. The second-order valence-electron chi connectivity index (χ2n) is 5.66. The van der Waals surface area contributed by atoms with E-state index in [1.165, 1.54) is 0 Å². The molecule has 0 amide bonds. The Hall–Kier alpha value is -0.870. The number of nitrogens with zero attached hydrogens (tertiary/aromatic N) is 3. The summed E-state index contributed by atoms with van der Waals surface area (Å²) in [6.07, 6.45) is 1.70. The second kappa shape index (κ2) is 14.3. The number of ether oxygens (including phenoxy) is 1. The first-order valence-corrected chi connectivity index (χ1v) is 8.82. The lowest BCUT2D eigenvalue weighted by molar-refractivity contribution is 0.162. The van der Waals surface area contributed by atoms with Crippen LogP contribution in [0.15, 0.2) is 9.52 Å². The van der Waals surface area contributed by atoms with Gasteiger partial charge in [0, 0.05) is 45.3 Å². The van der Waals surface area contributed by atoms with Gasteiger partial charge in [-0.3, -0.25) is 0 Å². The van der Waals surface area contributed by atoms with Gasteiger partial charge in [-0.15, -0.1) is 24.0 Å². The molecule has 1 rings (SSSR count). The minimum absolute atomic E-state index is 0. The van der Waals surface area contributed by atoms with Crippen molar-refractivity contribution < 1.29 is 9.26 Å². The molecule has 0 aliphatic rings. The molecule has 0 unspecified atom stereocenters. The lowest BCUT2D eigenvalue weighted by Gasteiger charge is -2.17. The van der Waals surface area contributed by atoms with Gasteiger partial charge in [-0.1, -0.05) is 19.0 Å². The fraction of sp³-hybridized carbons (Fsp3) is 0.765. The number of likely N-dealkylation sites (N-methyl/N-ethyl adjacent to an activating group) is 1. The Balaban J connectivity index is 0.00000576. The summed E-state index contributed by atoms with van der Waals surface area (Å²) >= 11 is 0. The molecule has 0 saturated carbocycles. The summed E-state index contributed by atoms with van der Waals surface area (Å²) in [7, 11) is 3.81. The first kappa shape index (κ1) is 24.1. The molecule has 0 aliphatic heterocycles. The van der Waals surface area contributed by atoms with E-state index in [2.05, 4.69) is 53.5 Å². The van der Waals surface area contributed by atoms with Gasteiger partial charge in [-0.25, -0.2) is 4.99 Å². The van der Waals surface area contributed by atoms with Crippen LogP contribution < -0.4 is 10.6 Å². The molecule has 0 fully saturated rings. The summed E-state index contributed by atoms with van der Waals surface area (Å²) < 4.78 is 10.5. The molecular formula is C17H34IN5O2. The molecule has 25 heavy (non-hydrogen) atoms. The number of methoxy groups -OCH3 is 1. The van der Waals surface area contributed by atoms with E-state index < -0.39 is 0 Å². The Morgan fingerprint density at radius 3 is 2.56 bits per heavy atom. The van der Waals surface area contributed by atoms with Gasteiger partial charge in [0.05, 0.1) is 18.8 Å². The van der Waals surface area contributed by atoms with Gasteiger partial charge < -0.3 is 24.8 Å². The zero-order valence-electron chi connectivity index (χ0n) is 16.2. The summed E-state index contributed by atoms with van der Waals surface area (Å²) in [5, 5.41) is 10.8. The molecule has 0 atom stereocenters. The quantitative estimate of drug-likeness (QED) is 0.295. The number of aryl methyl sites for hydroxylation is 2. The van der Waals surface area contributed by atoms with Crippen LogP contribution in [0.1, 0.15) is 37.8 Å². The molecule has 1 aromatic rings. The first-order valence-electron chi connectivity index (χ1n) is 8.82. The second-order valence-corrected chi connectivity index (χ2v) is 5.66. The maximum absolute atomic E-state index is 5.40. The maximum Gasteiger partial charge on any atom is 0.191 e. The van der Waals surface area contributed by atoms with E-state index in [1.807, 2.05) is 0 Å². The Morgan fingerprint density at radius 1 is 1.20 bits per heavy atom. The Morgan fingerprint density at radius 2 is 1.96 bits per heavy atom. The van der Waals surface area contributed by atoms with Crippen molar-refractivity contribution in [2.45, 2.75) is 40.2 Å². The highest BCUT2D eigenvalue weighted by atomic mass is 127. The average molecular weight is 467 g/mol. The number of aromatic nitrogens is 1. The van der Waals surface area contributed by atoms with E-state index in [9.17, 15) is 0 Å². The minimum Gasteiger partial charge on any atom is -0.383 e. The van der Waals surface area contributed by atoms with Gasteiger partial charge in [0.15, 0.2) is 5.96 Å². The number of rotatable bonds is 11. The molecule has 146 valence electrons. The highest BCUT2D eigenvalue weighted by Gasteiger charge is 2.13. The fourth-order valence-corrected chi connectivity index (χ4v) is 2.34. The van der Waals surface area contributed by atoms with Crippen LogP contribution in [0.3, 0.4) is 0 Å². The van der Waals surface area contributed by atoms with Gasteiger partial charge in [0.1, 0.15) is 5.76 Å². The van der Waals surface area contributed by atoms with Gasteiger partial charge in [0.2, 0.25) is 0 Å². The predicted octanol–water partition coefficient (Wildman–Crippen LogP) is 2.05. The summed E-state index contributed by atoms with van der Waals surface area (Å²) in [5.74, 6) is 1.76. The molecule has 8 heteroatoms. The number of hydrogen-bond donors (Lipinski definition) is 2. The smallest absolute Gasteiger partial charge is 0.191 e. The number of aliphatic imine (C=N–C) groups is 1. The van der Waals surface area contributed by atoms with Crippen LogP contribution in [-0.2, 0) is 24.1 Å². The molecule has 1 aromatic heterocycles. The van der Waals surface area contributed by atoms with Crippen molar-refractivity contribution in [1.29, 1.82) is 0 Å². The zero-order valence-corrected chi connectivity index (χ0v) is 18.6. The molecule has 0 aromatic carbocycles. The van der Waals surface area contributed by atoms with Crippen LogP contribution in [0.25, 0.3) is 0 Å². The maximum atomic E-state index is 5.40. The van der Waals surface area contributed by atoms with E-state index >= 15 is 0 Å². The van der Waals surface area contributed by atoms with Crippen LogP contribution in [0.2, 0.25) is 0 Å². The van der Waals surface area contributed by atoms with E-state index in [1.54, 1.807) is 7.11 Å². The third kappa shape index (κ3) is 8.87. The van der Waals surface area contributed by atoms with Crippen molar-refractivity contribution in [1.82, 2.24) is 20.7 Å². The van der Waals surface area contributed by atoms with Crippen molar-refractivity contribution in [3.05, 3.63) is 17.0 Å². The van der Waals surface area contributed by atoms with Crippen LogP contribution in [-0.4, -0.2) is 63.0 Å². The molecule has 0 spiro atoms. The van der Waals surface area contributed by atoms with E-state index in [-0.39, 0.29) is 24.0 Å². The van der Waals surface area contributed by atoms with Crippen LogP contribution in [0.4, 0.5) is 0 Å². The SMILES string of the molecule is CCNC(=NCc1c(CC)noc1CC)NCCN(C)CCOC.I. The lowest BCUT2D eigenvalue weighted by Crippen LogP contribution is -2.41. The number of hydrogen-bond acceptors (Lipinski definition) is 5. The van der Waals surface area contributed by atoms with E-state index in [0.717, 1.165) is 68.6 Å². The Kier molecular flexibility index (Phi) is 13.8. The minimum atomic E-state index is 0. The van der Waals surface area contributed by atoms with Crippen molar-refractivity contribution in [3.8, 4) is 0 Å². The van der Waals surface area contributed by atoms with E-state index in [4.69, 9.17) is 9.26 Å². The Bertz CT molecular complexity index is 472. The average Bonchev–Trinajstić information content (AvgIpc) is 2.99. The summed E-state index contributed by atoms with van der Waals surface area (Å²) in [6, 6.07) is 0. The van der Waals surface area contributed by atoms with E-state index in [0.29, 0.717) is 6.54 Å². The molecule has 2 N–H and O–H groups in total. The van der Waals surface area contributed by atoms with Gasteiger partial charge >= 0.3 is 0 Å². The van der Waals surface area contributed by atoms with Crippen molar-refractivity contribution in [2.24, 2.45) is 4.99 Å². The summed E-state index contributed by atoms with van der Waals surface area (Å²) in [6.45, 7) is 11.1. The summed E-state index contributed by atoms with van der Waals surface area (Å²) in [4.78, 5) is 6.91. The monoisotopic (exact) mass is 467 g/mol. The van der Waals surface area contributed by atoms with Crippen molar-refractivity contribution >= 4 is 29.9 Å². The van der Waals surface area contributed by atoms with Gasteiger partial charge in [0.25, 0.3) is 0 Å². The lowest BCUT2D eigenvalue weighted by atomic mass is 10.1. The van der Waals surface area contributed by atoms with Gasteiger partial charge in [-0.2, -0.15) is 0 Å².